The minimum atomic E-state index is 0.584. The Morgan fingerprint density at radius 2 is 2.00 bits per heavy atom. The van der Waals surface area contributed by atoms with Crippen LogP contribution in [0.15, 0.2) is 16.6 Å². The van der Waals surface area contributed by atoms with Crippen LogP contribution in [0.4, 0.5) is 5.95 Å². The Labute approximate surface area is 157 Å². The summed E-state index contributed by atoms with van der Waals surface area (Å²) in [5, 5.41) is 15.1. The monoisotopic (exact) mass is 411 g/mol. The zero-order valence-electron chi connectivity index (χ0n) is 15.1. The number of anilines is 1. The molecule has 1 heterocycles. The van der Waals surface area contributed by atoms with Crippen molar-refractivity contribution in [2.24, 2.45) is 0 Å². The summed E-state index contributed by atoms with van der Waals surface area (Å²) in [5.74, 6) is 2.17. The predicted octanol–water partition coefficient (Wildman–Crippen LogP) is 4.04. The highest BCUT2D eigenvalue weighted by Crippen LogP contribution is 2.37. The highest BCUT2D eigenvalue weighted by atomic mass is 79.9. The van der Waals surface area contributed by atoms with Gasteiger partial charge in [-0.2, -0.15) is 0 Å². The van der Waals surface area contributed by atoms with Crippen LogP contribution in [0.5, 0.6) is 11.5 Å². The molecule has 0 bridgehead atoms. The van der Waals surface area contributed by atoms with Crippen molar-refractivity contribution in [2.45, 2.75) is 53.1 Å². The zero-order chi connectivity index (χ0) is 18.1. The van der Waals surface area contributed by atoms with Gasteiger partial charge in [0.2, 0.25) is 5.95 Å². The van der Waals surface area contributed by atoms with Crippen molar-refractivity contribution in [3.63, 3.8) is 0 Å². The van der Waals surface area contributed by atoms with E-state index < -0.39 is 0 Å². The molecule has 0 aliphatic heterocycles. The van der Waals surface area contributed by atoms with Crippen LogP contribution in [0.2, 0.25) is 0 Å². The molecule has 0 aliphatic carbocycles. The van der Waals surface area contributed by atoms with E-state index in [4.69, 9.17) is 9.47 Å². The molecule has 0 aliphatic rings. The predicted molar refractivity (Wildman–Crippen MR) is 101 cm³/mol. The van der Waals surface area contributed by atoms with Gasteiger partial charge in [-0.3, -0.25) is 0 Å². The van der Waals surface area contributed by atoms with E-state index in [2.05, 4.69) is 50.6 Å². The van der Waals surface area contributed by atoms with Gasteiger partial charge in [-0.05, 0) is 63.8 Å². The maximum atomic E-state index is 5.81. The summed E-state index contributed by atoms with van der Waals surface area (Å²) in [6, 6.07) is 4.02. The fraction of sp³-hybridized carbons (Fsp3) is 0.588. The molecule has 2 aromatic rings. The number of hydrogen-bond donors (Lipinski definition) is 1. The first kappa shape index (κ1) is 19.5. The lowest BCUT2D eigenvalue weighted by Gasteiger charge is -2.15. The molecule has 0 unspecified atom stereocenters. The standard InChI is InChI=1S/C17H26BrN5O2/c1-4-7-8-23-17(20-21-22-23)19-12-13-10-14(18)16(25-9-5-2)15(11-13)24-6-3/h10-11H,4-9,12H2,1-3H3,(H,19,20,22). The molecule has 138 valence electrons. The van der Waals surface area contributed by atoms with E-state index in [9.17, 15) is 0 Å². The molecule has 1 N–H and O–H groups in total. The molecule has 2 rings (SSSR count). The fourth-order valence-corrected chi connectivity index (χ4v) is 2.91. The van der Waals surface area contributed by atoms with E-state index in [1.165, 1.54) is 0 Å². The molecule has 0 fully saturated rings. The van der Waals surface area contributed by atoms with Gasteiger partial charge in [0.25, 0.3) is 0 Å². The molecule has 0 amide bonds. The third kappa shape index (κ3) is 5.59. The van der Waals surface area contributed by atoms with Crippen LogP contribution in [0.3, 0.4) is 0 Å². The molecule has 7 nitrogen and oxygen atoms in total. The second kappa shape index (κ2) is 10.2. The van der Waals surface area contributed by atoms with Gasteiger partial charge in [0.1, 0.15) is 0 Å². The van der Waals surface area contributed by atoms with Crippen LogP contribution < -0.4 is 14.8 Å². The van der Waals surface area contributed by atoms with Crippen molar-refractivity contribution in [3.05, 3.63) is 22.2 Å². The van der Waals surface area contributed by atoms with E-state index in [0.717, 1.165) is 47.3 Å². The lowest BCUT2D eigenvalue weighted by molar-refractivity contribution is 0.275. The molecule has 0 saturated carbocycles. The highest BCUT2D eigenvalue weighted by molar-refractivity contribution is 9.10. The number of benzene rings is 1. The Hall–Kier alpha value is -1.83. The number of aromatic nitrogens is 4. The summed E-state index contributed by atoms with van der Waals surface area (Å²) in [7, 11) is 0. The molecule has 8 heteroatoms. The first-order chi connectivity index (χ1) is 12.2. The highest BCUT2D eigenvalue weighted by Gasteiger charge is 2.13. The fourth-order valence-electron chi connectivity index (χ4n) is 2.30. The third-order valence-corrected chi connectivity index (χ3v) is 4.11. The van der Waals surface area contributed by atoms with Gasteiger partial charge in [0, 0.05) is 13.1 Å². The average molecular weight is 412 g/mol. The van der Waals surface area contributed by atoms with Crippen molar-refractivity contribution in [1.29, 1.82) is 0 Å². The molecule has 0 atom stereocenters. The Morgan fingerprint density at radius 3 is 2.72 bits per heavy atom. The summed E-state index contributed by atoms with van der Waals surface area (Å²) in [5.41, 5.74) is 1.06. The van der Waals surface area contributed by atoms with E-state index in [0.29, 0.717) is 25.7 Å². The van der Waals surface area contributed by atoms with Crippen molar-refractivity contribution in [3.8, 4) is 11.5 Å². The Morgan fingerprint density at radius 1 is 1.16 bits per heavy atom. The summed E-state index contributed by atoms with van der Waals surface area (Å²) in [6.45, 7) is 8.83. The number of halogens is 1. The lowest BCUT2D eigenvalue weighted by Crippen LogP contribution is -2.09. The van der Waals surface area contributed by atoms with Crippen molar-refractivity contribution < 1.29 is 9.47 Å². The van der Waals surface area contributed by atoms with Gasteiger partial charge in [-0.1, -0.05) is 25.4 Å². The van der Waals surface area contributed by atoms with E-state index in [1.807, 2.05) is 19.1 Å². The zero-order valence-corrected chi connectivity index (χ0v) is 16.7. The van der Waals surface area contributed by atoms with Gasteiger partial charge >= 0.3 is 0 Å². The molecular formula is C17H26BrN5O2. The minimum absolute atomic E-state index is 0.584. The molecule has 1 aromatic heterocycles. The van der Waals surface area contributed by atoms with Crippen molar-refractivity contribution in [2.75, 3.05) is 18.5 Å². The largest absolute Gasteiger partial charge is 0.490 e. The topological polar surface area (TPSA) is 74.1 Å². The second-order valence-corrected chi connectivity index (χ2v) is 6.47. The Kier molecular flexibility index (Phi) is 7.97. The quantitative estimate of drug-likeness (QED) is 0.601. The SMILES string of the molecule is CCCCn1nnnc1NCc1cc(Br)c(OCCC)c(OCC)c1. The van der Waals surface area contributed by atoms with Crippen molar-refractivity contribution >= 4 is 21.9 Å². The van der Waals surface area contributed by atoms with Crippen LogP contribution in [0.1, 0.15) is 45.6 Å². The number of nitrogens with one attached hydrogen (secondary N) is 1. The number of hydrogen-bond acceptors (Lipinski definition) is 6. The molecule has 25 heavy (non-hydrogen) atoms. The van der Waals surface area contributed by atoms with Gasteiger partial charge in [0.05, 0.1) is 17.7 Å². The van der Waals surface area contributed by atoms with Crippen LogP contribution in [-0.4, -0.2) is 33.4 Å². The average Bonchev–Trinajstić information content (AvgIpc) is 3.05. The third-order valence-electron chi connectivity index (χ3n) is 3.53. The first-order valence-electron chi connectivity index (χ1n) is 8.77. The second-order valence-electron chi connectivity index (χ2n) is 5.62. The smallest absolute Gasteiger partial charge is 0.243 e. The maximum absolute atomic E-state index is 5.81. The van der Waals surface area contributed by atoms with Crippen molar-refractivity contribution in [1.82, 2.24) is 20.2 Å². The summed E-state index contributed by atoms with van der Waals surface area (Å²) < 4.78 is 14.2. The Bertz CT molecular complexity index is 662. The van der Waals surface area contributed by atoms with Crippen LogP contribution in [-0.2, 0) is 13.1 Å². The van der Waals surface area contributed by atoms with Gasteiger partial charge < -0.3 is 14.8 Å². The van der Waals surface area contributed by atoms with E-state index in [-0.39, 0.29) is 0 Å². The van der Waals surface area contributed by atoms with Crippen LogP contribution >= 0.6 is 15.9 Å². The molecule has 1 aromatic carbocycles. The minimum Gasteiger partial charge on any atom is -0.490 e. The van der Waals surface area contributed by atoms with Crippen LogP contribution in [0.25, 0.3) is 0 Å². The number of ether oxygens (including phenoxy) is 2. The van der Waals surface area contributed by atoms with Gasteiger partial charge in [-0.15, -0.1) is 0 Å². The summed E-state index contributed by atoms with van der Waals surface area (Å²) >= 11 is 3.59. The normalized spacial score (nSPS) is 10.7. The first-order valence-corrected chi connectivity index (χ1v) is 9.56. The molecule has 0 spiro atoms. The maximum Gasteiger partial charge on any atom is 0.243 e. The number of nitrogens with zero attached hydrogens (tertiary/aromatic N) is 4. The number of tetrazole rings is 1. The lowest BCUT2D eigenvalue weighted by atomic mass is 10.2. The molecule has 0 radical (unpaired) electrons. The number of aryl methyl sites for hydroxylation is 1. The van der Waals surface area contributed by atoms with Crippen LogP contribution in [0, 0.1) is 0 Å². The van der Waals surface area contributed by atoms with E-state index in [1.54, 1.807) is 4.68 Å². The molecular weight excluding hydrogens is 386 g/mol. The van der Waals surface area contributed by atoms with Gasteiger partial charge in [-0.25, -0.2) is 4.68 Å². The summed E-state index contributed by atoms with van der Waals surface area (Å²) in [4.78, 5) is 0. The number of unbranched alkanes of at least 4 members (excludes halogenated alkanes) is 1. The van der Waals surface area contributed by atoms with E-state index >= 15 is 0 Å². The van der Waals surface area contributed by atoms with Gasteiger partial charge in [0.15, 0.2) is 11.5 Å². The number of rotatable bonds is 11. The summed E-state index contributed by atoms with van der Waals surface area (Å²) in [6.07, 6.45) is 3.09. The molecule has 0 saturated heterocycles. The Balaban J connectivity index is 2.10.